The molecule has 1 heterocycles. The van der Waals surface area contributed by atoms with Crippen LogP contribution in [0.25, 0.3) is 0 Å². The minimum absolute atomic E-state index is 0.127. The molecule has 1 amide bonds. The number of nitrogens with one attached hydrogen (secondary N) is 1. The van der Waals surface area contributed by atoms with Crippen molar-refractivity contribution in [3.8, 4) is 6.07 Å². The van der Waals surface area contributed by atoms with Gasteiger partial charge in [0.1, 0.15) is 0 Å². The summed E-state index contributed by atoms with van der Waals surface area (Å²) < 4.78 is 0. The summed E-state index contributed by atoms with van der Waals surface area (Å²) in [6, 6.07) is 8.71. The van der Waals surface area contributed by atoms with Crippen molar-refractivity contribution >= 4 is 11.6 Å². The topological polar surface area (TPSA) is 94.8 Å². The summed E-state index contributed by atoms with van der Waals surface area (Å²) in [4.78, 5) is 18.9. The van der Waals surface area contributed by atoms with E-state index in [-0.39, 0.29) is 23.7 Å². The Balaban J connectivity index is 1.54. The van der Waals surface area contributed by atoms with Crippen LogP contribution in [0.5, 0.6) is 0 Å². The van der Waals surface area contributed by atoms with E-state index in [0.717, 1.165) is 42.6 Å². The molecule has 0 atom stereocenters. The molecule has 1 aromatic carbocycles. The number of carbonyl (C=O) groups is 1. The van der Waals surface area contributed by atoms with Gasteiger partial charge in [0.2, 0.25) is 5.82 Å². The van der Waals surface area contributed by atoms with Crippen molar-refractivity contribution in [2.45, 2.75) is 64.5 Å². The van der Waals surface area contributed by atoms with Crippen molar-refractivity contribution in [3.63, 3.8) is 0 Å². The Morgan fingerprint density at radius 1 is 1.24 bits per heavy atom. The van der Waals surface area contributed by atoms with Gasteiger partial charge in [0, 0.05) is 24.8 Å². The highest BCUT2D eigenvalue weighted by molar-refractivity contribution is 5.90. The van der Waals surface area contributed by atoms with Gasteiger partial charge in [0.25, 0.3) is 5.91 Å². The lowest BCUT2D eigenvalue weighted by molar-refractivity contribution is 0.0913. The molecule has 2 aromatic rings. The lowest BCUT2D eigenvalue weighted by atomic mass is 9.90. The number of rotatable bonds is 5. The van der Waals surface area contributed by atoms with Gasteiger partial charge in [-0.15, -0.1) is 5.10 Å². The Morgan fingerprint density at radius 3 is 2.52 bits per heavy atom. The third-order valence-electron chi connectivity index (χ3n) is 5.69. The first-order valence-corrected chi connectivity index (χ1v) is 10.1. The number of hydrogen-bond acceptors (Lipinski definition) is 6. The molecule has 29 heavy (non-hydrogen) atoms. The van der Waals surface area contributed by atoms with Crippen molar-refractivity contribution in [2.75, 3.05) is 11.9 Å². The van der Waals surface area contributed by atoms with E-state index in [1.54, 1.807) is 6.20 Å². The molecule has 0 aliphatic heterocycles. The molecule has 1 aliphatic carbocycles. The zero-order chi connectivity index (χ0) is 21.0. The van der Waals surface area contributed by atoms with E-state index in [2.05, 4.69) is 44.6 Å². The Kier molecular flexibility index (Phi) is 6.42. The van der Waals surface area contributed by atoms with E-state index in [0.29, 0.717) is 11.6 Å². The van der Waals surface area contributed by atoms with Crippen molar-refractivity contribution < 1.29 is 4.79 Å². The molecule has 0 unspecified atom stereocenters. The fraction of sp³-hybridized carbons (Fsp3) is 0.500. The first-order chi connectivity index (χ1) is 13.9. The second kappa shape index (κ2) is 8.99. The number of benzene rings is 1. The lowest BCUT2D eigenvalue weighted by Crippen LogP contribution is -2.43. The molecule has 7 nitrogen and oxygen atoms in total. The van der Waals surface area contributed by atoms with Gasteiger partial charge in [0.05, 0.1) is 23.5 Å². The van der Waals surface area contributed by atoms with Crippen molar-refractivity contribution in [3.05, 3.63) is 47.0 Å². The Morgan fingerprint density at radius 2 is 1.97 bits per heavy atom. The molecule has 1 aliphatic rings. The van der Waals surface area contributed by atoms with Gasteiger partial charge in [-0.05, 0) is 62.3 Å². The van der Waals surface area contributed by atoms with Crippen molar-refractivity contribution in [2.24, 2.45) is 0 Å². The molecule has 0 radical (unpaired) electrons. The molecule has 0 spiro atoms. The van der Waals surface area contributed by atoms with Crippen LogP contribution in [0.4, 0.5) is 5.69 Å². The predicted molar refractivity (Wildman–Crippen MR) is 112 cm³/mol. The molecule has 1 saturated carbocycles. The minimum atomic E-state index is -0.257. The number of amides is 1. The zero-order valence-corrected chi connectivity index (χ0v) is 17.5. The maximum absolute atomic E-state index is 12.4. The smallest absolute Gasteiger partial charge is 0.291 e. The van der Waals surface area contributed by atoms with Gasteiger partial charge in [-0.25, -0.2) is 4.98 Å². The molecule has 0 saturated heterocycles. The quantitative estimate of drug-likeness (QED) is 0.838. The molecular weight excluding hydrogens is 364 g/mol. The highest BCUT2D eigenvalue weighted by atomic mass is 16.2. The second-order valence-corrected chi connectivity index (χ2v) is 8.06. The van der Waals surface area contributed by atoms with Crippen LogP contribution < -0.4 is 10.2 Å². The van der Waals surface area contributed by atoms with Gasteiger partial charge >= 0.3 is 0 Å². The summed E-state index contributed by atoms with van der Waals surface area (Å²) in [7, 11) is 2.10. The Hall–Kier alpha value is -3.01. The molecular formula is C22H28N6O. The average molecular weight is 393 g/mol. The number of hydrogen-bond donors (Lipinski definition) is 1. The van der Waals surface area contributed by atoms with Crippen LogP contribution in [0, 0.1) is 18.3 Å². The van der Waals surface area contributed by atoms with Crippen LogP contribution in [0.2, 0.25) is 0 Å². The van der Waals surface area contributed by atoms with Gasteiger partial charge in [0.15, 0.2) is 0 Å². The highest BCUT2D eigenvalue weighted by Crippen LogP contribution is 2.27. The van der Waals surface area contributed by atoms with Crippen molar-refractivity contribution in [1.82, 2.24) is 20.5 Å². The minimum Gasteiger partial charge on any atom is -0.372 e. The number of aryl methyl sites for hydroxylation is 1. The molecule has 0 bridgehead atoms. The number of nitriles is 1. The maximum atomic E-state index is 12.4. The standard InChI is InChI=1S/C22H28N6O/c1-14(2)20-13-24-21(27-26-20)22(29)25-17-6-9-18(10-7-17)28(4)19-8-5-16(12-23)15(3)11-19/h5,8,11,13-14,17-18H,6-7,9-10H2,1-4H3,(H,25,29). The summed E-state index contributed by atoms with van der Waals surface area (Å²) in [5, 5.41) is 20.2. The van der Waals surface area contributed by atoms with E-state index >= 15 is 0 Å². The van der Waals surface area contributed by atoms with E-state index < -0.39 is 0 Å². The molecule has 3 rings (SSSR count). The van der Waals surface area contributed by atoms with Crippen molar-refractivity contribution in [1.29, 1.82) is 5.26 Å². The summed E-state index contributed by atoms with van der Waals surface area (Å²) >= 11 is 0. The van der Waals surface area contributed by atoms with Crippen LogP contribution in [-0.2, 0) is 0 Å². The Bertz CT molecular complexity index is 895. The Labute approximate surface area is 172 Å². The van der Waals surface area contributed by atoms with E-state index in [1.807, 2.05) is 32.9 Å². The summed E-state index contributed by atoms with van der Waals surface area (Å²) in [6.07, 6.45) is 5.43. The second-order valence-electron chi connectivity index (χ2n) is 8.06. The van der Waals surface area contributed by atoms with Crippen LogP contribution in [0.15, 0.2) is 24.4 Å². The van der Waals surface area contributed by atoms with Crippen LogP contribution in [0.3, 0.4) is 0 Å². The lowest BCUT2D eigenvalue weighted by Gasteiger charge is -2.36. The number of nitrogens with zero attached hydrogens (tertiary/aromatic N) is 5. The monoisotopic (exact) mass is 392 g/mol. The predicted octanol–water partition coefficient (Wildman–Crippen LogP) is 3.35. The third-order valence-corrected chi connectivity index (χ3v) is 5.69. The summed E-state index contributed by atoms with van der Waals surface area (Å²) in [5.74, 6) is 0.105. The molecule has 1 fully saturated rings. The summed E-state index contributed by atoms with van der Waals surface area (Å²) in [6.45, 7) is 5.99. The number of anilines is 1. The number of aromatic nitrogens is 3. The van der Waals surface area contributed by atoms with Crippen LogP contribution in [-0.4, -0.2) is 40.2 Å². The van der Waals surface area contributed by atoms with E-state index in [9.17, 15) is 4.79 Å². The zero-order valence-electron chi connectivity index (χ0n) is 17.5. The fourth-order valence-electron chi connectivity index (χ4n) is 3.71. The normalized spacial score (nSPS) is 18.9. The van der Waals surface area contributed by atoms with Gasteiger partial charge in [-0.3, -0.25) is 4.79 Å². The van der Waals surface area contributed by atoms with Gasteiger partial charge < -0.3 is 10.2 Å². The van der Waals surface area contributed by atoms with Crippen LogP contribution in [0.1, 0.15) is 72.9 Å². The third kappa shape index (κ3) is 4.89. The van der Waals surface area contributed by atoms with Crippen LogP contribution >= 0.6 is 0 Å². The average Bonchev–Trinajstić information content (AvgIpc) is 2.73. The van der Waals surface area contributed by atoms with Gasteiger partial charge in [-0.2, -0.15) is 10.4 Å². The first-order valence-electron chi connectivity index (χ1n) is 10.1. The van der Waals surface area contributed by atoms with E-state index in [1.165, 1.54) is 0 Å². The molecule has 7 heteroatoms. The van der Waals surface area contributed by atoms with Gasteiger partial charge in [-0.1, -0.05) is 13.8 Å². The SMILES string of the molecule is Cc1cc(N(C)C2CCC(NC(=O)c3ncc(C(C)C)nn3)CC2)ccc1C#N. The largest absolute Gasteiger partial charge is 0.372 e. The molecule has 1 N–H and O–H groups in total. The summed E-state index contributed by atoms with van der Waals surface area (Å²) in [5.41, 5.74) is 3.61. The molecule has 1 aromatic heterocycles. The first kappa shape index (κ1) is 20.7. The maximum Gasteiger partial charge on any atom is 0.291 e. The number of carbonyl (C=O) groups excluding carboxylic acids is 1. The highest BCUT2D eigenvalue weighted by Gasteiger charge is 2.26. The van der Waals surface area contributed by atoms with E-state index in [4.69, 9.17) is 5.26 Å². The fourth-order valence-corrected chi connectivity index (χ4v) is 3.71. The molecule has 152 valence electrons.